The van der Waals surface area contributed by atoms with Crippen LogP contribution in [-0.2, 0) is 14.3 Å². The van der Waals surface area contributed by atoms with Gasteiger partial charge >= 0.3 is 5.97 Å². The average Bonchev–Trinajstić information content (AvgIpc) is 2.72. The Balaban J connectivity index is 2.35. The number of hydrogen-bond acceptors (Lipinski definition) is 5. The number of hydrogen-bond donors (Lipinski definition) is 0. The Bertz CT molecular complexity index is 525. The third kappa shape index (κ3) is 2.22. The molecule has 1 aromatic carbocycles. The monoisotopic (exact) mass is 249 g/mol. The van der Waals surface area contributed by atoms with Crippen LogP contribution in [0, 0.1) is 16.0 Å². The summed E-state index contributed by atoms with van der Waals surface area (Å²) in [6.45, 7) is 1.39. The lowest BCUT2D eigenvalue weighted by molar-refractivity contribution is -0.385. The third-order valence-corrected chi connectivity index (χ3v) is 2.94. The van der Waals surface area contributed by atoms with E-state index >= 15 is 0 Å². The fourth-order valence-electron chi connectivity index (χ4n) is 2.03. The topological polar surface area (TPSA) is 86.5 Å². The molecule has 1 aliphatic rings. The normalized spacial score (nSPS) is 22.6. The zero-order valence-corrected chi connectivity index (χ0v) is 9.66. The van der Waals surface area contributed by atoms with Crippen LogP contribution in [0.5, 0.6) is 0 Å². The number of carbonyl (C=O) groups is 2. The molecule has 0 aliphatic carbocycles. The number of rotatable bonds is 3. The van der Waals surface area contributed by atoms with E-state index in [1.165, 1.54) is 25.1 Å². The highest BCUT2D eigenvalue weighted by Crippen LogP contribution is 2.36. The summed E-state index contributed by atoms with van der Waals surface area (Å²) < 4.78 is 5.07. The largest absolute Gasteiger partial charge is 0.457 e. The third-order valence-electron chi connectivity index (χ3n) is 2.94. The van der Waals surface area contributed by atoms with Crippen molar-refractivity contribution in [1.82, 2.24) is 0 Å². The molecule has 1 saturated heterocycles. The maximum Gasteiger partial charge on any atom is 0.307 e. The van der Waals surface area contributed by atoms with Gasteiger partial charge in [-0.2, -0.15) is 0 Å². The predicted octanol–water partition coefficient (Wildman–Crippen LogP) is 1.79. The molecule has 2 rings (SSSR count). The lowest BCUT2D eigenvalue weighted by Crippen LogP contribution is -2.15. The predicted molar refractivity (Wildman–Crippen MR) is 60.7 cm³/mol. The first kappa shape index (κ1) is 12.2. The number of non-ortho nitro benzene ring substituents is 1. The SMILES string of the molecule is CC(=O)[C@H]1CC(=O)O[C@@H]1c1cccc([N+](=O)[O-])c1. The average molecular weight is 249 g/mol. The van der Waals surface area contributed by atoms with E-state index in [0.717, 1.165) is 0 Å². The number of ether oxygens (including phenoxy) is 1. The van der Waals surface area contributed by atoms with Crippen molar-refractivity contribution in [3.63, 3.8) is 0 Å². The van der Waals surface area contributed by atoms with Crippen LogP contribution in [0.3, 0.4) is 0 Å². The molecule has 0 unspecified atom stereocenters. The molecule has 0 amide bonds. The molecule has 0 aromatic heterocycles. The summed E-state index contributed by atoms with van der Waals surface area (Å²) in [6.07, 6.45) is -0.683. The van der Waals surface area contributed by atoms with E-state index < -0.39 is 22.9 Å². The van der Waals surface area contributed by atoms with Gasteiger partial charge in [0.15, 0.2) is 0 Å². The maximum atomic E-state index is 11.4. The molecule has 94 valence electrons. The molecular formula is C12H11NO5. The molecule has 18 heavy (non-hydrogen) atoms. The molecular weight excluding hydrogens is 238 g/mol. The lowest BCUT2D eigenvalue weighted by Gasteiger charge is -2.15. The first-order valence-electron chi connectivity index (χ1n) is 5.43. The summed E-state index contributed by atoms with van der Waals surface area (Å²) in [6, 6.07) is 5.81. The molecule has 6 heteroatoms. The fourth-order valence-corrected chi connectivity index (χ4v) is 2.03. The maximum absolute atomic E-state index is 11.4. The minimum absolute atomic E-state index is 0.0304. The number of nitro benzene ring substituents is 1. The van der Waals surface area contributed by atoms with Gasteiger partial charge in [-0.25, -0.2) is 0 Å². The molecule has 1 fully saturated rings. The van der Waals surface area contributed by atoms with Crippen LogP contribution in [0.1, 0.15) is 25.0 Å². The fraction of sp³-hybridized carbons (Fsp3) is 0.333. The Morgan fingerprint density at radius 3 is 2.83 bits per heavy atom. The molecule has 1 aromatic rings. The highest BCUT2D eigenvalue weighted by Gasteiger charge is 2.39. The molecule has 6 nitrogen and oxygen atoms in total. The second-order valence-corrected chi connectivity index (χ2v) is 4.18. The first-order chi connectivity index (χ1) is 8.49. The van der Waals surface area contributed by atoms with E-state index in [1.54, 1.807) is 6.07 Å². The Hall–Kier alpha value is -2.24. The summed E-state index contributed by atoms with van der Waals surface area (Å²) in [5, 5.41) is 10.7. The van der Waals surface area contributed by atoms with Gasteiger partial charge in [-0.15, -0.1) is 0 Å². The zero-order valence-electron chi connectivity index (χ0n) is 9.66. The number of cyclic esters (lactones) is 1. The Morgan fingerprint density at radius 2 is 2.22 bits per heavy atom. The summed E-state index contributed by atoms with van der Waals surface area (Å²) in [5.41, 5.74) is 0.396. The van der Waals surface area contributed by atoms with Crippen molar-refractivity contribution < 1.29 is 19.2 Å². The van der Waals surface area contributed by atoms with Gasteiger partial charge in [0.25, 0.3) is 5.69 Å². The van der Waals surface area contributed by atoms with Crippen molar-refractivity contribution in [1.29, 1.82) is 0 Å². The molecule has 1 aliphatic heterocycles. The van der Waals surface area contributed by atoms with Crippen LogP contribution < -0.4 is 0 Å². The van der Waals surface area contributed by atoms with E-state index in [2.05, 4.69) is 0 Å². The quantitative estimate of drug-likeness (QED) is 0.463. The number of Topliss-reactive ketones (excluding diaryl/α,β-unsaturated/α-hetero) is 1. The minimum Gasteiger partial charge on any atom is -0.457 e. The highest BCUT2D eigenvalue weighted by molar-refractivity contribution is 5.87. The van der Waals surface area contributed by atoms with Gasteiger partial charge in [0.1, 0.15) is 11.9 Å². The van der Waals surface area contributed by atoms with Crippen LogP contribution in [0.2, 0.25) is 0 Å². The highest BCUT2D eigenvalue weighted by atomic mass is 16.6. The van der Waals surface area contributed by atoms with Gasteiger partial charge in [0.05, 0.1) is 17.3 Å². The molecule has 0 radical (unpaired) electrons. The van der Waals surface area contributed by atoms with Gasteiger partial charge in [0.2, 0.25) is 0 Å². The number of nitro groups is 1. The van der Waals surface area contributed by atoms with Crippen molar-refractivity contribution in [2.75, 3.05) is 0 Å². The minimum atomic E-state index is -0.713. The lowest BCUT2D eigenvalue weighted by atomic mass is 9.92. The Kier molecular flexibility index (Phi) is 3.10. The second kappa shape index (κ2) is 4.56. The van der Waals surface area contributed by atoms with Gasteiger partial charge in [0, 0.05) is 12.1 Å². The standard InChI is InChI=1S/C12H11NO5/c1-7(14)10-6-11(15)18-12(10)8-3-2-4-9(5-8)13(16)17/h2-5,10,12H,6H2,1H3/t10-,12-/m1/s1. The number of esters is 1. The van der Waals surface area contributed by atoms with Gasteiger partial charge in [-0.05, 0) is 12.5 Å². The zero-order chi connectivity index (χ0) is 13.3. The van der Waals surface area contributed by atoms with Crippen LogP contribution in [0.15, 0.2) is 24.3 Å². The van der Waals surface area contributed by atoms with Crippen molar-refractivity contribution >= 4 is 17.4 Å². The van der Waals surface area contributed by atoms with E-state index in [9.17, 15) is 19.7 Å². The van der Waals surface area contributed by atoms with Crippen LogP contribution >= 0.6 is 0 Å². The van der Waals surface area contributed by atoms with Gasteiger partial charge < -0.3 is 4.74 Å². The van der Waals surface area contributed by atoms with Crippen LogP contribution in [0.25, 0.3) is 0 Å². The first-order valence-corrected chi connectivity index (χ1v) is 5.43. The molecule has 0 spiro atoms. The van der Waals surface area contributed by atoms with Gasteiger partial charge in [-0.1, -0.05) is 12.1 Å². The van der Waals surface area contributed by atoms with Crippen molar-refractivity contribution in [3.8, 4) is 0 Å². The van der Waals surface area contributed by atoms with E-state index in [4.69, 9.17) is 4.74 Å². The van der Waals surface area contributed by atoms with E-state index in [-0.39, 0.29) is 17.9 Å². The summed E-state index contributed by atoms with van der Waals surface area (Å²) in [7, 11) is 0. The number of ketones is 1. The summed E-state index contributed by atoms with van der Waals surface area (Å²) >= 11 is 0. The number of carbonyl (C=O) groups excluding carboxylic acids is 2. The van der Waals surface area contributed by atoms with Gasteiger partial charge in [-0.3, -0.25) is 19.7 Å². The van der Waals surface area contributed by atoms with E-state index in [0.29, 0.717) is 5.56 Å². The van der Waals surface area contributed by atoms with Crippen LogP contribution in [0.4, 0.5) is 5.69 Å². The van der Waals surface area contributed by atoms with E-state index in [1.807, 2.05) is 0 Å². The molecule has 1 heterocycles. The molecule has 0 saturated carbocycles. The molecule has 0 bridgehead atoms. The smallest absolute Gasteiger partial charge is 0.307 e. The van der Waals surface area contributed by atoms with Crippen LogP contribution in [-0.4, -0.2) is 16.7 Å². The number of benzene rings is 1. The van der Waals surface area contributed by atoms with Crippen molar-refractivity contribution in [2.24, 2.45) is 5.92 Å². The molecule has 2 atom stereocenters. The summed E-state index contributed by atoms with van der Waals surface area (Å²) in [4.78, 5) is 32.8. The summed E-state index contributed by atoms with van der Waals surface area (Å²) in [5.74, 6) is -1.16. The molecule has 0 N–H and O–H groups in total. The number of nitrogens with zero attached hydrogens (tertiary/aromatic N) is 1. The van der Waals surface area contributed by atoms with Crippen molar-refractivity contribution in [3.05, 3.63) is 39.9 Å². The Labute approximate surface area is 103 Å². The second-order valence-electron chi connectivity index (χ2n) is 4.18. The van der Waals surface area contributed by atoms with Crippen molar-refractivity contribution in [2.45, 2.75) is 19.4 Å². The Morgan fingerprint density at radius 1 is 1.50 bits per heavy atom.